The van der Waals surface area contributed by atoms with Gasteiger partial charge in [-0.2, -0.15) is 0 Å². The van der Waals surface area contributed by atoms with Gasteiger partial charge in [-0.25, -0.2) is 4.98 Å². The van der Waals surface area contributed by atoms with Gasteiger partial charge >= 0.3 is 0 Å². The summed E-state index contributed by atoms with van der Waals surface area (Å²) in [5.74, 6) is 0.330. The lowest BCUT2D eigenvalue weighted by atomic mass is 10.0. The van der Waals surface area contributed by atoms with E-state index in [4.69, 9.17) is 9.47 Å². The average Bonchev–Trinajstić information content (AvgIpc) is 3.09. The number of hydrogen-bond acceptors (Lipinski definition) is 8. The van der Waals surface area contributed by atoms with Gasteiger partial charge in [-0.3, -0.25) is 14.6 Å². The summed E-state index contributed by atoms with van der Waals surface area (Å²) in [6.07, 6.45) is 5.51. The van der Waals surface area contributed by atoms with E-state index in [-0.39, 0.29) is 17.8 Å². The van der Waals surface area contributed by atoms with Gasteiger partial charge in [0.15, 0.2) is 0 Å². The van der Waals surface area contributed by atoms with Crippen LogP contribution in [0.3, 0.4) is 0 Å². The summed E-state index contributed by atoms with van der Waals surface area (Å²) in [5, 5.41) is 16.4. The molecule has 10 nitrogen and oxygen atoms in total. The molecule has 0 spiro atoms. The van der Waals surface area contributed by atoms with Crippen molar-refractivity contribution in [2.24, 2.45) is 0 Å². The molecule has 4 aliphatic rings. The lowest BCUT2D eigenvalue weighted by Crippen LogP contribution is -2.51. The van der Waals surface area contributed by atoms with Crippen molar-refractivity contribution in [3.8, 4) is 11.5 Å². The van der Waals surface area contributed by atoms with E-state index in [1.54, 1.807) is 0 Å². The van der Waals surface area contributed by atoms with E-state index in [9.17, 15) is 19.5 Å². The van der Waals surface area contributed by atoms with Gasteiger partial charge in [0.05, 0.1) is 43.4 Å². The van der Waals surface area contributed by atoms with Gasteiger partial charge in [0.2, 0.25) is 5.91 Å². The van der Waals surface area contributed by atoms with E-state index in [1.165, 1.54) is 12.4 Å². The number of aromatic nitrogens is 2. The quantitative estimate of drug-likeness (QED) is 0.284. The number of aryl methyl sites for hydroxylation is 1. The largest absolute Gasteiger partial charge is 0.494 e. The third-order valence-corrected chi connectivity index (χ3v) is 7.71. The molecule has 1 unspecified atom stereocenters. The number of carbonyl (C=O) groups is 3. The monoisotopic (exact) mass is 622 g/mol. The third-order valence-electron chi connectivity index (χ3n) is 7.71. The SMILES string of the molecule is O=C[C@H](Cc1ccccc1)NC(=O)[C@@H]1Cc2ccc(cc2)OCCCCOc2ccc(cc2)CCC(O)c2cncc(n2)C(=O)N1. The molecule has 46 heavy (non-hydrogen) atoms. The standard InChI is InChI=1S/C36H38N4O6/c41-24-28(20-26-6-2-1-3-7-26)38-35(43)31-21-27-10-15-30(16-11-27)46-19-5-4-18-45-29-13-8-25(9-14-29)12-17-34(42)32-22-37-23-33(39-32)36(44)40-31/h1-3,6-11,13-16,22-24,28,31,34,42H,4-5,12,17-21H2,(H,38,43)(H,40,44)/t28-,31-,34?/m0/s1. The Morgan fingerprint density at radius 1 is 0.935 bits per heavy atom. The van der Waals surface area contributed by atoms with Gasteiger partial charge in [0.25, 0.3) is 5.91 Å². The number of benzene rings is 3. The number of carbonyl (C=O) groups excluding carboxylic acids is 3. The maximum Gasteiger partial charge on any atom is 0.272 e. The molecule has 238 valence electrons. The lowest BCUT2D eigenvalue weighted by molar-refractivity contribution is -0.125. The number of amides is 2. The summed E-state index contributed by atoms with van der Waals surface area (Å²) in [5.41, 5.74) is 2.91. The first-order valence-electron chi connectivity index (χ1n) is 15.5. The number of nitrogens with zero attached hydrogens (tertiary/aromatic N) is 2. The summed E-state index contributed by atoms with van der Waals surface area (Å²) in [7, 11) is 0. The number of nitrogens with one attached hydrogen (secondary N) is 2. The van der Waals surface area contributed by atoms with Gasteiger partial charge in [-0.05, 0) is 73.1 Å². The highest BCUT2D eigenvalue weighted by molar-refractivity contribution is 5.96. The first kappa shape index (κ1) is 32.3. The van der Waals surface area contributed by atoms with Crippen LogP contribution < -0.4 is 20.1 Å². The van der Waals surface area contributed by atoms with Gasteiger partial charge in [0, 0.05) is 6.42 Å². The number of aldehydes is 1. The summed E-state index contributed by atoms with van der Waals surface area (Å²) >= 11 is 0. The second kappa shape index (κ2) is 16.3. The molecule has 6 bridgehead atoms. The normalized spacial score (nSPS) is 18.2. The maximum atomic E-state index is 13.5. The fourth-order valence-corrected chi connectivity index (χ4v) is 5.12. The van der Waals surface area contributed by atoms with Gasteiger partial charge in [0.1, 0.15) is 29.5 Å². The Hall–Kier alpha value is -5.09. The Bertz CT molecular complexity index is 1580. The van der Waals surface area contributed by atoms with E-state index in [1.807, 2.05) is 78.9 Å². The molecule has 4 aromatic rings. The molecule has 1 aromatic heterocycles. The zero-order chi connectivity index (χ0) is 32.1. The first-order valence-corrected chi connectivity index (χ1v) is 15.5. The molecular formula is C36H38N4O6. The van der Waals surface area contributed by atoms with Gasteiger partial charge in [-0.15, -0.1) is 0 Å². The Kier molecular flexibility index (Phi) is 11.4. The molecule has 3 atom stereocenters. The topological polar surface area (TPSA) is 140 Å². The number of hydrogen-bond donors (Lipinski definition) is 3. The van der Waals surface area contributed by atoms with Crippen LogP contribution in [0.2, 0.25) is 0 Å². The van der Waals surface area contributed by atoms with Crippen LogP contribution in [0.4, 0.5) is 0 Å². The van der Waals surface area contributed by atoms with Crippen molar-refractivity contribution >= 4 is 18.1 Å². The molecular weight excluding hydrogens is 584 g/mol. The summed E-state index contributed by atoms with van der Waals surface area (Å²) in [6, 6.07) is 22.6. The molecule has 2 amide bonds. The summed E-state index contributed by atoms with van der Waals surface area (Å²) in [4.78, 5) is 47.4. The third kappa shape index (κ3) is 9.45. The van der Waals surface area contributed by atoms with E-state index in [0.717, 1.165) is 35.3 Å². The predicted molar refractivity (Wildman–Crippen MR) is 172 cm³/mol. The van der Waals surface area contributed by atoms with Crippen molar-refractivity contribution in [3.05, 3.63) is 119 Å². The van der Waals surface area contributed by atoms with E-state index in [2.05, 4.69) is 20.6 Å². The van der Waals surface area contributed by atoms with E-state index >= 15 is 0 Å². The Morgan fingerprint density at radius 2 is 1.59 bits per heavy atom. The van der Waals surface area contributed by atoms with Gasteiger partial charge in [-0.1, -0.05) is 54.6 Å². The highest BCUT2D eigenvalue weighted by atomic mass is 16.5. The molecule has 4 aliphatic heterocycles. The maximum absolute atomic E-state index is 13.5. The lowest BCUT2D eigenvalue weighted by Gasteiger charge is -2.21. The fraction of sp³-hybridized carbons (Fsp3) is 0.306. The number of aliphatic hydroxyl groups is 1. The predicted octanol–water partition coefficient (Wildman–Crippen LogP) is 3.96. The second-order valence-electron chi connectivity index (χ2n) is 11.2. The van der Waals surface area contributed by atoms with Crippen LogP contribution in [-0.2, 0) is 28.9 Å². The molecule has 0 aliphatic carbocycles. The fourth-order valence-electron chi connectivity index (χ4n) is 5.12. The highest BCUT2D eigenvalue weighted by Crippen LogP contribution is 2.20. The molecule has 3 N–H and O–H groups in total. The zero-order valence-electron chi connectivity index (χ0n) is 25.5. The molecule has 10 heteroatoms. The molecule has 0 saturated carbocycles. The Labute approximate surface area is 268 Å². The smallest absolute Gasteiger partial charge is 0.272 e. The molecule has 3 aromatic carbocycles. The van der Waals surface area contributed by atoms with Crippen molar-refractivity contribution in [3.63, 3.8) is 0 Å². The molecule has 5 heterocycles. The minimum atomic E-state index is -1.03. The number of rotatable bonds is 5. The van der Waals surface area contributed by atoms with Crippen molar-refractivity contribution in [2.75, 3.05) is 13.2 Å². The number of aliphatic hydroxyl groups excluding tert-OH is 1. The van der Waals surface area contributed by atoms with Crippen LogP contribution in [0.5, 0.6) is 11.5 Å². The minimum Gasteiger partial charge on any atom is -0.494 e. The zero-order valence-corrected chi connectivity index (χ0v) is 25.5. The van der Waals surface area contributed by atoms with Crippen molar-refractivity contribution < 1.29 is 29.0 Å². The van der Waals surface area contributed by atoms with E-state index < -0.39 is 30.0 Å². The second-order valence-corrected chi connectivity index (χ2v) is 11.2. The summed E-state index contributed by atoms with van der Waals surface area (Å²) < 4.78 is 11.7. The van der Waals surface area contributed by atoms with E-state index in [0.29, 0.717) is 44.5 Å². The average molecular weight is 623 g/mol. The van der Waals surface area contributed by atoms with Gasteiger partial charge < -0.3 is 30.0 Å². The molecule has 0 fully saturated rings. The molecule has 0 saturated heterocycles. The Morgan fingerprint density at radius 3 is 2.24 bits per heavy atom. The minimum absolute atomic E-state index is 0.0368. The first-order chi connectivity index (χ1) is 22.5. The van der Waals surface area contributed by atoms with Crippen molar-refractivity contribution in [1.29, 1.82) is 0 Å². The Balaban J connectivity index is 1.36. The number of ether oxygens (including phenoxy) is 2. The molecule has 0 radical (unpaired) electrons. The van der Waals surface area contributed by atoms with Crippen LogP contribution in [0.1, 0.15) is 58.2 Å². The molecule has 8 rings (SSSR count). The van der Waals surface area contributed by atoms with Crippen LogP contribution in [0.15, 0.2) is 91.3 Å². The van der Waals surface area contributed by atoms with Crippen LogP contribution in [-0.4, -0.2) is 58.5 Å². The van der Waals surface area contributed by atoms with Crippen LogP contribution >= 0.6 is 0 Å². The van der Waals surface area contributed by atoms with Crippen molar-refractivity contribution in [2.45, 2.75) is 56.7 Å². The highest BCUT2D eigenvalue weighted by Gasteiger charge is 2.26. The van der Waals surface area contributed by atoms with Crippen LogP contribution in [0, 0.1) is 0 Å². The van der Waals surface area contributed by atoms with Crippen LogP contribution in [0.25, 0.3) is 0 Å². The van der Waals surface area contributed by atoms with Crippen molar-refractivity contribution in [1.82, 2.24) is 20.6 Å². The summed E-state index contributed by atoms with van der Waals surface area (Å²) in [6.45, 7) is 1.10.